The van der Waals surface area contributed by atoms with E-state index in [1.54, 1.807) is 16.8 Å². The largest absolute Gasteiger partial charge is 0.296 e. The molecule has 47 heavy (non-hydrogen) atoms. The van der Waals surface area contributed by atoms with Crippen LogP contribution in [0.15, 0.2) is 158 Å². The molecule has 0 spiro atoms. The van der Waals surface area contributed by atoms with Crippen LogP contribution < -0.4 is 0 Å². The van der Waals surface area contributed by atoms with Crippen LogP contribution >= 0.6 is 0 Å². The third-order valence-electron chi connectivity index (χ3n) is 9.18. The van der Waals surface area contributed by atoms with Gasteiger partial charge in [0.25, 0.3) is 0 Å². The molecule has 2 heterocycles. The van der Waals surface area contributed by atoms with Crippen LogP contribution in [0.4, 0.5) is 0 Å². The highest BCUT2D eigenvalue weighted by Crippen LogP contribution is 2.47. The maximum atomic E-state index is 8.79. The summed E-state index contributed by atoms with van der Waals surface area (Å²) in [6.45, 7) is -2.93. The number of pyridine rings is 1. The van der Waals surface area contributed by atoms with Gasteiger partial charge in [-0.05, 0) is 79.0 Å². The SMILES string of the molecule is [2H]C([2H])([2H])C([2H])([2H])c1nc2ccccc2n1-c1ccc(-c2c3ccccc3c(-c3ccccc3-c3cccnc3)c3ccccc23)c2ccccc12. The molecule has 0 amide bonds. The van der Waals surface area contributed by atoms with E-state index in [4.69, 9.17) is 6.85 Å². The van der Waals surface area contributed by atoms with Crippen molar-refractivity contribution in [2.45, 2.75) is 13.2 Å². The predicted molar refractivity (Wildman–Crippen MR) is 197 cm³/mol. The maximum Gasteiger partial charge on any atom is 0.114 e. The van der Waals surface area contributed by atoms with Crippen LogP contribution in [0.5, 0.6) is 0 Å². The van der Waals surface area contributed by atoms with Crippen molar-refractivity contribution in [2.24, 2.45) is 0 Å². The number of aryl methyl sites for hydroxylation is 1. The summed E-state index contributed by atoms with van der Waals surface area (Å²) in [7, 11) is 0. The first-order valence-corrected chi connectivity index (χ1v) is 15.7. The molecule has 0 radical (unpaired) electrons. The van der Waals surface area contributed by atoms with Gasteiger partial charge in [-0.1, -0.05) is 128 Å². The third kappa shape index (κ3) is 4.28. The van der Waals surface area contributed by atoms with E-state index in [-0.39, 0.29) is 5.82 Å². The summed E-state index contributed by atoms with van der Waals surface area (Å²) in [6.07, 6.45) is 0.991. The van der Waals surface area contributed by atoms with E-state index in [2.05, 4.69) is 101 Å². The van der Waals surface area contributed by atoms with E-state index in [0.717, 1.165) is 65.7 Å². The number of aromatic nitrogens is 3. The Balaban J connectivity index is 1.36. The lowest BCUT2D eigenvalue weighted by molar-refractivity contribution is 0.913. The van der Waals surface area contributed by atoms with Crippen molar-refractivity contribution in [3.8, 4) is 39.1 Å². The molecule has 0 aliphatic heterocycles. The minimum absolute atomic E-state index is 0.154. The normalized spacial score (nSPS) is 13.7. The molecular weight excluding hydrogens is 571 g/mol. The van der Waals surface area contributed by atoms with Gasteiger partial charge in [0.05, 0.1) is 16.7 Å². The predicted octanol–water partition coefficient (Wildman–Crippen LogP) is 11.4. The van der Waals surface area contributed by atoms with Gasteiger partial charge in [-0.25, -0.2) is 4.98 Å². The first-order valence-electron chi connectivity index (χ1n) is 18.2. The van der Waals surface area contributed by atoms with E-state index in [9.17, 15) is 0 Å². The molecule has 0 bridgehead atoms. The van der Waals surface area contributed by atoms with Crippen molar-refractivity contribution < 1.29 is 6.85 Å². The molecule has 0 fully saturated rings. The fraction of sp³-hybridized carbons (Fsp3) is 0.0455. The highest BCUT2D eigenvalue weighted by atomic mass is 15.1. The number of fused-ring (bicyclic) bond motifs is 4. The summed E-state index contributed by atoms with van der Waals surface area (Å²) >= 11 is 0. The Morgan fingerprint density at radius 1 is 0.553 bits per heavy atom. The summed E-state index contributed by atoms with van der Waals surface area (Å²) in [5.74, 6) is -0.154. The zero-order chi connectivity index (χ0) is 35.6. The zero-order valence-corrected chi connectivity index (χ0v) is 25.4. The molecule has 0 N–H and O–H groups in total. The number of rotatable bonds is 5. The Labute approximate surface area is 280 Å². The van der Waals surface area contributed by atoms with Crippen LogP contribution in [0, 0.1) is 0 Å². The molecule has 0 unspecified atom stereocenters. The lowest BCUT2D eigenvalue weighted by Crippen LogP contribution is -2.01. The van der Waals surface area contributed by atoms with E-state index in [0.29, 0.717) is 16.7 Å². The standard InChI is InChI=1S/C44H31N3/c1-2-42-46-39-23-11-12-24-41(39)47(42)40-26-25-38(31-16-4-5-17-32(31)40)44-36-21-9-7-19-34(36)43(35-20-8-10-22-37(35)44)33-18-6-3-15-30(33)29-14-13-27-45-28-29/h3-28H,2H2,1H3/i1D3,2D2. The Morgan fingerprint density at radius 3 is 1.83 bits per heavy atom. The van der Waals surface area contributed by atoms with Gasteiger partial charge in [0, 0.05) is 36.6 Å². The van der Waals surface area contributed by atoms with E-state index < -0.39 is 13.2 Å². The van der Waals surface area contributed by atoms with Gasteiger partial charge in [0.15, 0.2) is 0 Å². The number of para-hydroxylation sites is 2. The second kappa shape index (κ2) is 11.1. The first kappa shape index (κ1) is 22.4. The molecule has 2 aromatic heterocycles. The second-order valence-corrected chi connectivity index (χ2v) is 11.7. The lowest BCUT2D eigenvalue weighted by atomic mass is 9.83. The van der Waals surface area contributed by atoms with Crippen LogP contribution in [-0.2, 0) is 6.37 Å². The van der Waals surface area contributed by atoms with Gasteiger partial charge in [-0.3, -0.25) is 9.55 Å². The summed E-state index contributed by atoms with van der Waals surface area (Å²) in [5.41, 5.74) is 8.35. The Bertz CT molecular complexity index is 2760. The molecule has 3 heteroatoms. The summed E-state index contributed by atoms with van der Waals surface area (Å²) < 4.78 is 43.6. The van der Waals surface area contributed by atoms with Crippen LogP contribution in [0.1, 0.15) is 19.5 Å². The third-order valence-corrected chi connectivity index (χ3v) is 9.18. The van der Waals surface area contributed by atoms with Crippen molar-refractivity contribution in [3.05, 3.63) is 164 Å². The monoisotopic (exact) mass is 606 g/mol. The van der Waals surface area contributed by atoms with Crippen molar-refractivity contribution in [1.29, 1.82) is 0 Å². The minimum atomic E-state index is -2.93. The Morgan fingerprint density at radius 2 is 1.15 bits per heavy atom. The first-order chi connectivity index (χ1) is 25.2. The Hall–Kier alpha value is -6.06. The number of hydrogen-bond acceptors (Lipinski definition) is 2. The number of imidazole rings is 1. The molecular formula is C44H31N3. The van der Waals surface area contributed by atoms with Crippen molar-refractivity contribution >= 4 is 43.4 Å². The number of hydrogen-bond donors (Lipinski definition) is 0. The highest BCUT2D eigenvalue weighted by Gasteiger charge is 2.21. The topological polar surface area (TPSA) is 30.7 Å². The van der Waals surface area contributed by atoms with Crippen LogP contribution in [0.2, 0.25) is 0 Å². The molecule has 9 aromatic rings. The average Bonchev–Trinajstić information content (AvgIpc) is 3.57. The fourth-order valence-electron chi connectivity index (χ4n) is 7.23. The van der Waals surface area contributed by atoms with Gasteiger partial charge in [0.1, 0.15) is 5.82 Å². The smallest absolute Gasteiger partial charge is 0.114 e. The zero-order valence-electron chi connectivity index (χ0n) is 30.4. The van der Waals surface area contributed by atoms with Crippen molar-refractivity contribution in [2.75, 3.05) is 0 Å². The van der Waals surface area contributed by atoms with Gasteiger partial charge >= 0.3 is 0 Å². The molecule has 7 aromatic carbocycles. The lowest BCUT2D eigenvalue weighted by Gasteiger charge is -2.21. The van der Waals surface area contributed by atoms with E-state index in [1.165, 1.54) is 0 Å². The molecule has 9 rings (SSSR count). The van der Waals surface area contributed by atoms with Crippen LogP contribution in [-0.4, -0.2) is 14.5 Å². The molecule has 0 aliphatic rings. The summed E-state index contributed by atoms with van der Waals surface area (Å²) in [4.78, 5) is 9.01. The molecule has 0 atom stereocenters. The quantitative estimate of drug-likeness (QED) is 0.183. The van der Waals surface area contributed by atoms with E-state index >= 15 is 0 Å². The molecule has 0 saturated carbocycles. The Kier molecular flexibility index (Phi) is 5.29. The molecule has 0 saturated heterocycles. The molecule has 222 valence electrons. The van der Waals surface area contributed by atoms with Gasteiger partial charge in [-0.15, -0.1) is 0 Å². The van der Waals surface area contributed by atoms with Gasteiger partial charge in [0.2, 0.25) is 0 Å². The summed E-state index contributed by atoms with van der Waals surface area (Å²) in [5, 5.41) is 6.25. The van der Waals surface area contributed by atoms with Crippen molar-refractivity contribution in [3.63, 3.8) is 0 Å². The molecule has 0 aliphatic carbocycles. The van der Waals surface area contributed by atoms with E-state index in [1.807, 2.05) is 54.7 Å². The number of benzene rings is 7. The molecule has 3 nitrogen and oxygen atoms in total. The van der Waals surface area contributed by atoms with Gasteiger partial charge in [-0.2, -0.15) is 0 Å². The fourth-order valence-corrected chi connectivity index (χ4v) is 7.23. The second-order valence-electron chi connectivity index (χ2n) is 11.7. The van der Waals surface area contributed by atoms with Gasteiger partial charge < -0.3 is 0 Å². The highest BCUT2D eigenvalue weighted by molar-refractivity contribution is 6.24. The number of nitrogens with zero attached hydrogens (tertiary/aromatic N) is 3. The summed E-state index contributed by atoms with van der Waals surface area (Å²) in [6, 6.07) is 49.1. The average molecular weight is 607 g/mol. The van der Waals surface area contributed by atoms with Crippen LogP contribution in [0.25, 0.3) is 82.4 Å². The maximum absolute atomic E-state index is 8.79. The minimum Gasteiger partial charge on any atom is -0.296 e. The van der Waals surface area contributed by atoms with Crippen LogP contribution in [0.3, 0.4) is 0 Å². The van der Waals surface area contributed by atoms with Crippen molar-refractivity contribution in [1.82, 2.24) is 14.5 Å².